The van der Waals surface area contributed by atoms with Crippen LogP contribution in [0, 0.1) is 0 Å². The largest absolute Gasteiger partial charge is 0.319 e. The highest BCUT2D eigenvalue weighted by molar-refractivity contribution is 9.10. The normalized spacial score (nSPS) is 10.4. The quantitative estimate of drug-likeness (QED) is 0.898. The third-order valence-electron chi connectivity index (χ3n) is 2.18. The minimum atomic E-state index is -0.341. The first-order valence-corrected chi connectivity index (χ1v) is 6.48. The van der Waals surface area contributed by atoms with E-state index in [2.05, 4.69) is 26.3 Å². The fourth-order valence-corrected chi connectivity index (χ4v) is 2.40. The summed E-state index contributed by atoms with van der Waals surface area (Å²) in [6.07, 6.45) is 1.69. The molecule has 1 amide bonds. The van der Waals surface area contributed by atoms with Gasteiger partial charge in [-0.2, -0.15) is 5.10 Å². The van der Waals surface area contributed by atoms with E-state index in [4.69, 9.17) is 23.2 Å². The number of nitrogens with one attached hydrogen (secondary N) is 1. The van der Waals surface area contributed by atoms with Gasteiger partial charge < -0.3 is 5.32 Å². The van der Waals surface area contributed by atoms with Crippen molar-refractivity contribution >= 4 is 50.7 Å². The average Bonchev–Trinajstić information content (AvgIpc) is 2.62. The van der Waals surface area contributed by atoms with E-state index in [1.807, 2.05) is 0 Å². The number of amides is 1. The predicted octanol–water partition coefficient (Wildman–Crippen LogP) is 3.74. The van der Waals surface area contributed by atoms with Crippen LogP contribution >= 0.6 is 39.1 Å². The second-order valence-electron chi connectivity index (χ2n) is 3.58. The van der Waals surface area contributed by atoms with Crippen molar-refractivity contribution in [2.75, 3.05) is 5.32 Å². The first-order valence-electron chi connectivity index (χ1n) is 4.93. The molecule has 1 aromatic heterocycles. The highest BCUT2D eigenvalue weighted by atomic mass is 79.9. The summed E-state index contributed by atoms with van der Waals surface area (Å²) in [5.74, 6) is -0.341. The molecule has 0 spiro atoms. The third-order valence-corrected chi connectivity index (χ3v) is 3.31. The van der Waals surface area contributed by atoms with E-state index in [1.54, 1.807) is 36.1 Å². The maximum absolute atomic E-state index is 12.0. The maximum Gasteiger partial charge on any atom is 0.277 e. The third kappa shape index (κ3) is 2.85. The van der Waals surface area contributed by atoms with Crippen molar-refractivity contribution in [3.63, 3.8) is 0 Å². The number of halogens is 3. The minimum absolute atomic E-state index is 0.295. The Kier molecular flexibility index (Phi) is 3.94. The lowest BCUT2D eigenvalue weighted by Gasteiger charge is -2.06. The molecule has 2 rings (SSSR count). The molecule has 1 aromatic carbocycles. The number of aromatic nitrogens is 2. The van der Waals surface area contributed by atoms with E-state index >= 15 is 0 Å². The molecule has 0 fully saturated rings. The van der Waals surface area contributed by atoms with Crippen LogP contribution in [0.3, 0.4) is 0 Å². The summed E-state index contributed by atoms with van der Waals surface area (Å²) in [7, 11) is 1.73. The molecule has 0 unspecified atom stereocenters. The molecule has 2 aromatic rings. The monoisotopic (exact) mass is 347 g/mol. The van der Waals surface area contributed by atoms with E-state index < -0.39 is 0 Å². The number of nitrogens with zero attached hydrogens (tertiary/aromatic N) is 2. The van der Waals surface area contributed by atoms with E-state index in [-0.39, 0.29) is 5.91 Å². The van der Waals surface area contributed by atoms with Crippen LogP contribution in [0.5, 0.6) is 0 Å². The fraction of sp³-hybridized carbons (Fsp3) is 0.0909. The lowest BCUT2D eigenvalue weighted by Crippen LogP contribution is -2.13. The topological polar surface area (TPSA) is 46.9 Å². The zero-order valence-electron chi connectivity index (χ0n) is 9.25. The van der Waals surface area contributed by atoms with Gasteiger partial charge in [-0.25, -0.2) is 0 Å². The van der Waals surface area contributed by atoms with Crippen LogP contribution in [0.2, 0.25) is 10.0 Å². The predicted molar refractivity (Wildman–Crippen MR) is 75.3 cm³/mol. The molecular weight excluding hydrogens is 341 g/mol. The van der Waals surface area contributed by atoms with E-state index in [9.17, 15) is 4.79 Å². The highest BCUT2D eigenvalue weighted by Gasteiger charge is 2.15. The second kappa shape index (κ2) is 5.30. The average molecular weight is 349 g/mol. The molecule has 1 N–H and O–H groups in total. The van der Waals surface area contributed by atoms with Crippen molar-refractivity contribution in [2.24, 2.45) is 7.05 Å². The van der Waals surface area contributed by atoms with Gasteiger partial charge in [0.25, 0.3) is 5.91 Å². The summed E-state index contributed by atoms with van der Waals surface area (Å²) in [6.45, 7) is 0. The van der Waals surface area contributed by atoms with Gasteiger partial charge in [-0.05, 0) is 34.1 Å². The van der Waals surface area contributed by atoms with Crippen molar-refractivity contribution in [3.8, 4) is 0 Å². The summed E-state index contributed by atoms with van der Waals surface area (Å²) in [6, 6.07) is 4.85. The molecule has 18 heavy (non-hydrogen) atoms. The molecule has 0 bridgehead atoms. The Balaban J connectivity index is 2.24. The van der Waals surface area contributed by atoms with Gasteiger partial charge in [0.2, 0.25) is 0 Å². The Morgan fingerprint density at radius 2 is 2.17 bits per heavy atom. The molecule has 0 aliphatic rings. The van der Waals surface area contributed by atoms with E-state index in [0.717, 1.165) is 0 Å². The molecule has 1 heterocycles. The number of anilines is 1. The first-order chi connectivity index (χ1) is 8.47. The van der Waals surface area contributed by atoms with Gasteiger partial charge in [0.1, 0.15) is 0 Å². The molecule has 94 valence electrons. The van der Waals surface area contributed by atoms with Crippen molar-refractivity contribution in [1.82, 2.24) is 9.78 Å². The molecule has 0 atom stereocenters. The Labute approximate surface area is 122 Å². The molecule has 0 aliphatic heterocycles. The van der Waals surface area contributed by atoms with Crippen LogP contribution in [-0.4, -0.2) is 15.7 Å². The van der Waals surface area contributed by atoms with Crippen LogP contribution < -0.4 is 5.32 Å². The number of carbonyl (C=O) groups is 1. The number of hydrogen-bond acceptors (Lipinski definition) is 2. The number of hydrogen-bond donors (Lipinski definition) is 1. The minimum Gasteiger partial charge on any atom is -0.319 e. The number of aryl methyl sites for hydroxylation is 1. The summed E-state index contributed by atoms with van der Waals surface area (Å²) in [5, 5.41) is 7.60. The van der Waals surface area contributed by atoms with Crippen LogP contribution in [0.15, 0.2) is 28.9 Å². The maximum atomic E-state index is 12.0. The second-order valence-corrected chi connectivity index (χ2v) is 5.28. The van der Waals surface area contributed by atoms with Crippen LogP contribution in [0.25, 0.3) is 0 Å². The first kappa shape index (κ1) is 13.4. The molecule has 0 saturated heterocycles. The molecule has 0 saturated carbocycles. The molecule has 4 nitrogen and oxygen atoms in total. The zero-order valence-corrected chi connectivity index (χ0v) is 12.3. The molecule has 0 radical (unpaired) electrons. The number of rotatable bonds is 2. The standard InChI is InChI=1S/C11H8BrCl2N3O/c1-17-5-7(12)10(16-17)11(18)15-9-3-2-6(13)4-8(9)14/h2-5H,1H3,(H,15,18). The summed E-state index contributed by atoms with van der Waals surface area (Å²) in [5.41, 5.74) is 0.784. The van der Waals surface area contributed by atoms with Crippen LogP contribution in [-0.2, 0) is 7.05 Å². The van der Waals surface area contributed by atoms with Gasteiger partial charge >= 0.3 is 0 Å². The number of carbonyl (C=O) groups excluding carboxylic acids is 1. The van der Waals surface area contributed by atoms with Gasteiger partial charge in [-0.3, -0.25) is 9.48 Å². The molecule has 0 aliphatic carbocycles. The number of benzene rings is 1. The Bertz CT molecular complexity index is 612. The SMILES string of the molecule is Cn1cc(Br)c(C(=O)Nc2ccc(Cl)cc2Cl)n1. The van der Waals surface area contributed by atoms with E-state index in [1.165, 1.54) is 0 Å². The fourth-order valence-electron chi connectivity index (χ4n) is 1.39. The van der Waals surface area contributed by atoms with Gasteiger partial charge in [0.15, 0.2) is 5.69 Å². The van der Waals surface area contributed by atoms with Crippen LogP contribution in [0.4, 0.5) is 5.69 Å². The van der Waals surface area contributed by atoms with Gasteiger partial charge in [-0.1, -0.05) is 23.2 Å². The van der Waals surface area contributed by atoms with Crippen molar-refractivity contribution in [3.05, 3.63) is 44.6 Å². The summed E-state index contributed by atoms with van der Waals surface area (Å²) < 4.78 is 2.16. The molecule has 7 heteroatoms. The van der Waals surface area contributed by atoms with Gasteiger partial charge in [0, 0.05) is 18.3 Å². The van der Waals surface area contributed by atoms with Crippen LogP contribution in [0.1, 0.15) is 10.5 Å². The van der Waals surface area contributed by atoms with Gasteiger partial charge in [-0.15, -0.1) is 0 Å². The lowest BCUT2D eigenvalue weighted by molar-refractivity contribution is 0.102. The van der Waals surface area contributed by atoms with Crippen molar-refractivity contribution in [2.45, 2.75) is 0 Å². The smallest absolute Gasteiger partial charge is 0.277 e. The Hall–Kier alpha value is -1.04. The van der Waals surface area contributed by atoms with E-state index in [0.29, 0.717) is 25.9 Å². The Morgan fingerprint density at radius 3 is 2.72 bits per heavy atom. The Morgan fingerprint density at radius 1 is 1.44 bits per heavy atom. The van der Waals surface area contributed by atoms with Crippen molar-refractivity contribution < 1.29 is 4.79 Å². The summed E-state index contributed by atoms with van der Waals surface area (Å²) >= 11 is 15.0. The van der Waals surface area contributed by atoms with Gasteiger partial charge in [0.05, 0.1) is 15.2 Å². The summed E-state index contributed by atoms with van der Waals surface area (Å²) in [4.78, 5) is 12.0. The molecular formula is C11H8BrCl2N3O. The van der Waals surface area contributed by atoms with Crippen molar-refractivity contribution in [1.29, 1.82) is 0 Å². The zero-order chi connectivity index (χ0) is 13.3. The lowest BCUT2D eigenvalue weighted by atomic mass is 10.3. The highest BCUT2D eigenvalue weighted by Crippen LogP contribution is 2.26.